The summed E-state index contributed by atoms with van der Waals surface area (Å²) < 4.78 is 0. The van der Waals surface area contributed by atoms with Crippen molar-refractivity contribution in [3.05, 3.63) is 52.0 Å². The van der Waals surface area contributed by atoms with Crippen LogP contribution < -0.4 is 0 Å². The number of hydrogen-bond acceptors (Lipinski definition) is 2. The maximum Gasteiger partial charge on any atom is 0.0897 e. The van der Waals surface area contributed by atoms with Crippen LogP contribution >= 0.6 is 22.9 Å². The molecule has 0 aliphatic rings. The summed E-state index contributed by atoms with van der Waals surface area (Å²) in [6, 6.07) is 10.3. The first-order valence-electron chi connectivity index (χ1n) is 4.86. The molecule has 1 heterocycles. The number of nitrogens with zero attached hydrogens (tertiary/aromatic N) is 1. The SMILES string of the molecule is Cc1ncc(C(Cl)Cc2ccccc2)s1. The molecule has 1 nitrogen and oxygen atoms in total. The van der Waals surface area contributed by atoms with E-state index in [1.165, 1.54) is 5.56 Å². The zero-order valence-electron chi connectivity index (χ0n) is 8.48. The Labute approximate surface area is 98.7 Å². The van der Waals surface area contributed by atoms with E-state index in [4.69, 9.17) is 11.6 Å². The molecule has 1 aromatic carbocycles. The molecule has 1 atom stereocenters. The Kier molecular flexibility index (Phi) is 3.39. The standard InChI is InChI=1S/C12H12ClNS/c1-9-14-8-12(15-9)11(13)7-10-5-3-2-4-6-10/h2-6,8,11H,7H2,1H3. The number of halogens is 1. The highest BCUT2D eigenvalue weighted by Gasteiger charge is 2.11. The topological polar surface area (TPSA) is 12.9 Å². The van der Waals surface area contributed by atoms with Crippen LogP contribution in [0.2, 0.25) is 0 Å². The molecule has 78 valence electrons. The van der Waals surface area contributed by atoms with Gasteiger partial charge in [-0.1, -0.05) is 30.3 Å². The zero-order chi connectivity index (χ0) is 10.7. The van der Waals surface area contributed by atoms with Gasteiger partial charge in [0.2, 0.25) is 0 Å². The summed E-state index contributed by atoms with van der Waals surface area (Å²) in [6.07, 6.45) is 2.74. The fraction of sp³-hybridized carbons (Fsp3) is 0.250. The van der Waals surface area contributed by atoms with Crippen LogP contribution in [0, 0.1) is 6.92 Å². The molecular weight excluding hydrogens is 226 g/mol. The van der Waals surface area contributed by atoms with Gasteiger partial charge in [0.25, 0.3) is 0 Å². The van der Waals surface area contributed by atoms with Crippen molar-refractivity contribution >= 4 is 22.9 Å². The first-order chi connectivity index (χ1) is 7.25. The molecule has 2 aromatic rings. The molecule has 1 aromatic heterocycles. The Hall–Kier alpha value is -0.860. The molecule has 0 spiro atoms. The minimum atomic E-state index is 0.0404. The van der Waals surface area contributed by atoms with Crippen molar-refractivity contribution in [3.8, 4) is 0 Å². The first-order valence-corrected chi connectivity index (χ1v) is 6.11. The molecule has 1 unspecified atom stereocenters. The van der Waals surface area contributed by atoms with Gasteiger partial charge in [-0.2, -0.15) is 0 Å². The lowest BCUT2D eigenvalue weighted by Crippen LogP contribution is -1.92. The van der Waals surface area contributed by atoms with Gasteiger partial charge in [-0.3, -0.25) is 0 Å². The lowest BCUT2D eigenvalue weighted by atomic mass is 10.1. The van der Waals surface area contributed by atoms with Crippen molar-refractivity contribution < 1.29 is 0 Å². The number of hydrogen-bond donors (Lipinski definition) is 0. The lowest BCUT2D eigenvalue weighted by Gasteiger charge is -2.06. The zero-order valence-corrected chi connectivity index (χ0v) is 10.1. The van der Waals surface area contributed by atoms with E-state index in [9.17, 15) is 0 Å². The number of aryl methyl sites for hydroxylation is 1. The summed E-state index contributed by atoms with van der Waals surface area (Å²) in [5.74, 6) is 0. The number of thiazole rings is 1. The molecule has 0 saturated heterocycles. The Morgan fingerprint density at radius 3 is 2.67 bits per heavy atom. The van der Waals surface area contributed by atoms with E-state index in [2.05, 4.69) is 17.1 Å². The highest BCUT2D eigenvalue weighted by Crippen LogP contribution is 2.29. The van der Waals surface area contributed by atoms with Gasteiger partial charge < -0.3 is 0 Å². The van der Waals surface area contributed by atoms with Crippen molar-refractivity contribution in [1.82, 2.24) is 4.98 Å². The van der Waals surface area contributed by atoms with Gasteiger partial charge in [-0.25, -0.2) is 4.98 Å². The van der Waals surface area contributed by atoms with Crippen molar-refractivity contribution in [3.63, 3.8) is 0 Å². The molecule has 0 fully saturated rings. The predicted octanol–water partition coefficient (Wildman–Crippen LogP) is 3.97. The monoisotopic (exact) mass is 237 g/mol. The fourth-order valence-corrected chi connectivity index (χ4v) is 2.58. The van der Waals surface area contributed by atoms with Gasteiger partial charge in [0.15, 0.2) is 0 Å². The second-order valence-electron chi connectivity index (χ2n) is 3.44. The average Bonchev–Trinajstić information content (AvgIpc) is 2.66. The Bertz CT molecular complexity index is 424. The van der Waals surface area contributed by atoms with Crippen molar-refractivity contribution in [2.45, 2.75) is 18.7 Å². The van der Waals surface area contributed by atoms with Gasteiger partial charge in [-0.15, -0.1) is 22.9 Å². The van der Waals surface area contributed by atoms with Crippen LogP contribution in [0.5, 0.6) is 0 Å². The molecule has 2 rings (SSSR count). The van der Waals surface area contributed by atoms with Crippen molar-refractivity contribution in [1.29, 1.82) is 0 Å². The Balaban J connectivity index is 2.07. The molecule has 15 heavy (non-hydrogen) atoms. The molecular formula is C12H12ClNS. The maximum atomic E-state index is 6.32. The fourth-order valence-electron chi connectivity index (χ4n) is 1.44. The summed E-state index contributed by atoms with van der Waals surface area (Å²) in [4.78, 5) is 5.36. The molecule has 0 bridgehead atoms. The van der Waals surface area contributed by atoms with Gasteiger partial charge in [0.1, 0.15) is 0 Å². The molecule has 0 amide bonds. The molecule has 0 N–H and O–H groups in total. The lowest BCUT2D eigenvalue weighted by molar-refractivity contribution is 0.936. The van der Waals surface area contributed by atoms with Crippen LogP contribution in [0.4, 0.5) is 0 Å². The third-order valence-corrected chi connectivity index (χ3v) is 3.75. The smallest absolute Gasteiger partial charge is 0.0897 e. The Morgan fingerprint density at radius 1 is 1.33 bits per heavy atom. The third kappa shape index (κ3) is 2.80. The van der Waals surface area contributed by atoms with Crippen molar-refractivity contribution in [2.75, 3.05) is 0 Å². The molecule has 3 heteroatoms. The van der Waals surface area contributed by atoms with Gasteiger partial charge in [-0.05, 0) is 18.9 Å². The summed E-state index contributed by atoms with van der Waals surface area (Å²) in [7, 11) is 0. The van der Waals surface area contributed by atoms with E-state index in [0.717, 1.165) is 16.3 Å². The van der Waals surface area contributed by atoms with Gasteiger partial charge in [0.05, 0.1) is 10.4 Å². The Morgan fingerprint density at radius 2 is 2.07 bits per heavy atom. The molecule has 0 aliphatic heterocycles. The van der Waals surface area contributed by atoms with Crippen molar-refractivity contribution in [2.24, 2.45) is 0 Å². The van der Waals surface area contributed by atoms with Crippen LogP contribution in [-0.4, -0.2) is 4.98 Å². The number of aromatic nitrogens is 1. The minimum absolute atomic E-state index is 0.0404. The molecule has 0 aliphatic carbocycles. The van der Waals surface area contributed by atoms with Gasteiger partial charge in [0, 0.05) is 11.1 Å². The number of benzene rings is 1. The number of rotatable bonds is 3. The molecule has 0 saturated carbocycles. The van der Waals surface area contributed by atoms with Crippen LogP contribution in [0.3, 0.4) is 0 Å². The van der Waals surface area contributed by atoms with E-state index in [-0.39, 0.29) is 5.38 Å². The number of alkyl halides is 1. The predicted molar refractivity (Wildman–Crippen MR) is 65.6 cm³/mol. The second kappa shape index (κ2) is 4.77. The summed E-state index contributed by atoms with van der Waals surface area (Å²) in [5, 5.41) is 1.11. The second-order valence-corrected chi connectivity index (χ2v) is 5.23. The van der Waals surface area contributed by atoms with Crippen LogP contribution in [0.25, 0.3) is 0 Å². The highest BCUT2D eigenvalue weighted by atomic mass is 35.5. The van der Waals surface area contributed by atoms with E-state index < -0.39 is 0 Å². The summed E-state index contributed by atoms with van der Waals surface area (Å²) in [5.41, 5.74) is 1.27. The van der Waals surface area contributed by atoms with Crippen LogP contribution in [0.15, 0.2) is 36.5 Å². The maximum absolute atomic E-state index is 6.32. The van der Waals surface area contributed by atoms with E-state index >= 15 is 0 Å². The first kappa shape index (κ1) is 10.7. The van der Waals surface area contributed by atoms with Crippen LogP contribution in [0.1, 0.15) is 20.8 Å². The van der Waals surface area contributed by atoms with E-state index in [1.54, 1.807) is 11.3 Å². The largest absolute Gasteiger partial charge is 0.250 e. The minimum Gasteiger partial charge on any atom is -0.250 e. The van der Waals surface area contributed by atoms with E-state index in [0.29, 0.717) is 0 Å². The average molecular weight is 238 g/mol. The third-order valence-electron chi connectivity index (χ3n) is 2.21. The summed E-state index contributed by atoms with van der Waals surface area (Å²) in [6.45, 7) is 2.00. The highest BCUT2D eigenvalue weighted by molar-refractivity contribution is 7.11. The summed E-state index contributed by atoms with van der Waals surface area (Å²) >= 11 is 8.00. The van der Waals surface area contributed by atoms with E-state index in [1.807, 2.05) is 31.3 Å². The van der Waals surface area contributed by atoms with Crippen LogP contribution in [-0.2, 0) is 6.42 Å². The molecule has 0 radical (unpaired) electrons. The normalized spacial score (nSPS) is 12.7. The van der Waals surface area contributed by atoms with Gasteiger partial charge >= 0.3 is 0 Å². The quantitative estimate of drug-likeness (QED) is 0.736.